The Bertz CT molecular complexity index is 455. The first kappa shape index (κ1) is 17.3. The number of carbonyl (C=O) groups is 3. The topological polar surface area (TPSA) is 145 Å². The van der Waals surface area contributed by atoms with Crippen LogP contribution in [0.1, 0.15) is 12.1 Å². The summed E-state index contributed by atoms with van der Waals surface area (Å²) in [6, 6.07) is 0. The number of aryl methyl sites for hydroxylation is 1. The number of nitrogens with zero attached hydrogens (tertiary/aromatic N) is 1. The number of hydrogen-bond donors (Lipinski definition) is 3. The summed E-state index contributed by atoms with van der Waals surface area (Å²) in [6.45, 7) is 0. The Morgan fingerprint density at radius 3 is 2.70 bits per heavy atom. The Hall–Kier alpha value is -2.68. The van der Waals surface area contributed by atoms with Crippen LogP contribution in [-0.2, 0) is 30.6 Å². The third kappa shape index (κ3) is 8.42. The van der Waals surface area contributed by atoms with Crippen LogP contribution in [0.2, 0.25) is 0 Å². The van der Waals surface area contributed by atoms with E-state index in [4.69, 9.17) is 10.8 Å². The van der Waals surface area contributed by atoms with Crippen LogP contribution in [0, 0.1) is 0 Å². The number of aromatic amines is 1. The molecule has 0 amide bonds. The van der Waals surface area contributed by atoms with E-state index in [2.05, 4.69) is 19.7 Å². The number of carboxylic acid groups (broad SMARTS) is 1. The minimum absolute atomic E-state index is 0.155. The minimum Gasteiger partial charge on any atom is -0.481 e. The van der Waals surface area contributed by atoms with Crippen LogP contribution in [0.4, 0.5) is 0 Å². The summed E-state index contributed by atoms with van der Waals surface area (Å²) in [6.07, 6.45) is 5.10. The van der Waals surface area contributed by atoms with Gasteiger partial charge in [0.15, 0.2) is 0 Å². The average molecular weight is 285 g/mol. The standard InChI is InChI=1S/C6H8N2O2.C5H7NO4/c9-6(10)2-1-5-3-7-4-8-5;1-9-10-5(8)4(6)2-3-7/h3-4H,1-2H2,(H,7,8)(H,9,10);2-3H,6H2,1H3/b;4-2-. The second-order valence-electron chi connectivity index (χ2n) is 3.27. The van der Waals surface area contributed by atoms with E-state index >= 15 is 0 Å². The molecule has 0 saturated carbocycles. The van der Waals surface area contributed by atoms with E-state index in [9.17, 15) is 14.4 Å². The van der Waals surface area contributed by atoms with Gasteiger partial charge in [-0.25, -0.2) is 9.78 Å². The largest absolute Gasteiger partial charge is 0.481 e. The summed E-state index contributed by atoms with van der Waals surface area (Å²) in [4.78, 5) is 44.7. The molecule has 0 aromatic carbocycles. The predicted molar refractivity (Wildman–Crippen MR) is 66.0 cm³/mol. The smallest absolute Gasteiger partial charge is 0.388 e. The molecule has 110 valence electrons. The molecule has 0 radical (unpaired) electrons. The van der Waals surface area contributed by atoms with Crippen molar-refractivity contribution >= 4 is 18.2 Å². The van der Waals surface area contributed by atoms with Gasteiger partial charge in [0.2, 0.25) is 0 Å². The van der Waals surface area contributed by atoms with Crippen molar-refractivity contribution in [1.29, 1.82) is 0 Å². The summed E-state index contributed by atoms with van der Waals surface area (Å²) < 4.78 is 0. The molecule has 0 aliphatic carbocycles. The van der Waals surface area contributed by atoms with Gasteiger partial charge in [0, 0.05) is 18.0 Å². The van der Waals surface area contributed by atoms with E-state index in [-0.39, 0.29) is 12.1 Å². The van der Waals surface area contributed by atoms with Crippen molar-refractivity contribution in [2.75, 3.05) is 7.11 Å². The second kappa shape index (κ2) is 10.3. The molecule has 1 aromatic rings. The van der Waals surface area contributed by atoms with Crippen LogP contribution in [-0.4, -0.2) is 40.4 Å². The Morgan fingerprint density at radius 1 is 1.55 bits per heavy atom. The highest BCUT2D eigenvalue weighted by Crippen LogP contribution is 1.95. The number of imidazole rings is 1. The first-order valence-corrected chi connectivity index (χ1v) is 5.36. The number of carbonyl (C=O) groups excluding carboxylic acids is 2. The number of allylic oxidation sites excluding steroid dienone is 1. The Morgan fingerprint density at radius 2 is 2.25 bits per heavy atom. The van der Waals surface area contributed by atoms with Crippen molar-refractivity contribution < 1.29 is 29.3 Å². The maximum Gasteiger partial charge on any atom is 0.388 e. The number of nitrogens with one attached hydrogen (secondary N) is 1. The Labute approximate surface area is 114 Å². The number of H-pyrrole nitrogens is 1. The predicted octanol–water partition coefficient (Wildman–Crippen LogP) is -0.441. The molecule has 1 aromatic heterocycles. The van der Waals surface area contributed by atoms with Crippen LogP contribution >= 0.6 is 0 Å². The van der Waals surface area contributed by atoms with E-state index in [1.807, 2.05) is 0 Å². The molecule has 0 atom stereocenters. The third-order valence-corrected chi connectivity index (χ3v) is 1.81. The zero-order valence-electron chi connectivity index (χ0n) is 10.7. The third-order valence-electron chi connectivity index (χ3n) is 1.81. The number of aromatic nitrogens is 2. The van der Waals surface area contributed by atoms with Crippen molar-refractivity contribution in [3.63, 3.8) is 0 Å². The van der Waals surface area contributed by atoms with Crippen molar-refractivity contribution in [2.45, 2.75) is 12.8 Å². The van der Waals surface area contributed by atoms with Gasteiger partial charge in [-0.05, 0) is 6.42 Å². The molecule has 0 fully saturated rings. The van der Waals surface area contributed by atoms with Crippen molar-refractivity contribution in [3.8, 4) is 0 Å². The molecule has 9 nitrogen and oxygen atoms in total. The van der Waals surface area contributed by atoms with Gasteiger partial charge in [-0.3, -0.25) is 14.5 Å². The highest BCUT2D eigenvalue weighted by atomic mass is 17.2. The minimum atomic E-state index is -0.880. The van der Waals surface area contributed by atoms with E-state index < -0.39 is 11.9 Å². The van der Waals surface area contributed by atoms with Gasteiger partial charge >= 0.3 is 11.9 Å². The van der Waals surface area contributed by atoms with Gasteiger partial charge in [-0.15, -0.1) is 0 Å². The molecule has 0 aliphatic rings. The fourth-order valence-corrected chi connectivity index (χ4v) is 0.928. The first-order valence-electron chi connectivity index (χ1n) is 5.36. The first-order chi connectivity index (χ1) is 9.51. The van der Waals surface area contributed by atoms with E-state index in [1.165, 1.54) is 6.33 Å². The molecule has 0 aliphatic heterocycles. The maximum atomic E-state index is 10.4. The number of aldehydes is 1. The number of rotatable bonds is 6. The fraction of sp³-hybridized carbons (Fsp3) is 0.273. The van der Waals surface area contributed by atoms with Gasteiger partial charge in [-0.2, -0.15) is 4.89 Å². The van der Waals surface area contributed by atoms with Gasteiger partial charge in [-0.1, -0.05) is 0 Å². The van der Waals surface area contributed by atoms with Crippen LogP contribution in [0.15, 0.2) is 24.3 Å². The number of aliphatic carboxylic acids is 1. The van der Waals surface area contributed by atoms with Crippen LogP contribution in [0.5, 0.6) is 0 Å². The molecule has 0 saturated heterocycles. The molecule has 0 unspecified atom stereocenters. The highest BCUT2D eigenvalue weighted by Gasteiger charge is 2.05. The average Bonchev–Trinajstić information content (AvgIpc) is 2.91. The van der Waals surface area contributed by atoms with Gasteiger partial charge < -0.3 is 15.8 Å². The number of carboxylic acids is 1. The molecule has 20 heavy (non-hydrogen) atoms. The molecular weight excluding hydrogens is 270 g/mol. The monoisotopic (exact) mass is 285 g/mol. The summed E-state index contributed by atoms with van der Waals surface area (Å²) >= 11 is 0. The normalized spacial score (nSPS) is 10.2. The fourth-order valence-electron chi connectivity index (χ4n) is 0.928. The van der Waals surface area contributed by atoms with Crippen LogP contribution in [0.3, 0.4) is 0 Å². The molecule has 0 spiro atoms. The lowest BCUT2D eigenvalue weighted by molar-refractivity contribution is -0.250. The zero-order valence-corrected chi connectivity index (χ0v) is 10.7. The molecule has 1 heterocycles. The molecule has 1 rings (SSSR count). The summed E-state index contributed by atoms with van der Waals surface area (Å²) in [5.74, 6) is -1.66. The summed E-state index contributed by atoms with van der Waals surface area (Å²) in [5, 5.41) is 8.28. The SMILES string of the molecule is COOC(=O)/C(N)=C/C=O.O=C(O)CCc1cnc[nH]1. The molecule has 9 heteroatoms. The van der Waals surface area contributed by atoms with E-state index in [0.717, 1.165) is 18.9 Å². The number of nitrogens with two attached hydrogens (primary N) is 1. The van der Waals surface area contributed by atoms with Crippen molar-refractivity contribution in [2.24, 2.45) is 5.73 Å². The Balaban J connectivity index is 0.000000361. The maximum absolute atomic E-state index is 10.4. The highest BCUT2D eigenvalue weighted by molar-refractivity contribution is 5.91. The van der Waals surface area contributed by atoms with Gasteiger partial charge in [0.1, 0.15) is 12.0 Å². The molecule has 0 bridgehead atoms. The molecule has 4 N–H and O–H groups in total. The lowest BCUT2D eigenvalue weighted by atomic mass is 10.2. The van der Waals surface area contributed by atoms with Crippen molar-refractivity contribution in [3.05, 3.63) is 30.0 Å². The zero-order chi connectivity index (χ0) is 15.4. The van der Waals surface area contributed by atoms with Gasteiger partial charge in [0.25, 0.3) is 0 Å². The quantitative estimate of drug-likeness (QED) is 0.276. The lowest BCUT2D eigenvalue weighted by Crippen LogP contribution is -2.14. The van der Waals surface area contributed by atoms with Crippen LogP contribution < -0.4 is 5.73 Å². The van der Waals surface area contributed by atoms with Gasteiger partial charge in [0.05, 0.1) is 19.9 Å². The second-order valence-corrected chi connectivity index (χ2v) is 3.27. The van der Waals surface area contributed by atoms with Crippen LogP contribution in [0.25, 0.3) is 0 Å². The van der Waals surface area contributed by atoms with E-state index in [0.29, 0.717) is 12.7 Å². The molecular formula is C11H15N3O6. The number of hydrogen-bond acceptors (Lipinski definition) is 7. The Kier molecular flexibility index (Phi) is 8.89. The van der Waals surface area contributed by atoms with Crippen molar-refractivity contribution in [1.82, 2.24) is 9.97 Å². The summed E-state index contributed by atoms with van der Waals surface area (Å²) in [5.41, 5.74) is 5.56. The van der Waals surface area contributed by atoms with E-state index in [1.54, 1.807) is 6.20 Å². The lowest BCUT2D eigenvalue weighted by Gasteiger charge is -1.96. The summed E-state index contributed by atoms with van der Waals surface area (Å²) in [7, 11) is 1.16.